The predicted molar refractivity (Wildman–Crippen MR) is 75.3 cm³/mol. The molecule has 0 aliphatic carbocycles. The van der Waals surface area contributed by atoms with Crippen LogP contribution in [-0.2, 0) is 6.54 Å². The topological polar surface area (TPSA) is 61.2 Å². The SMILES string of the molecule is COc1ccccc1C(=O)Cn1c(C)cc(C)nc1=O. The summed E-state index contributed by atoms with van der Waals surface area (Å²) in [5.41, 5.74) is 1.41. The van der Waals surface area contributed by atoms with Gasteiger partial charge < -0.3 is 4.74 Å². The van der Waals surface area contributed by atoms with Crippen molar-refractivity contribution in [3.8, 4) is 5.75 Å². The number of ketones is 1. The summed E-state index contributed by atoms with van der Waals surface area (Å²) >= 11 is 0. The maximum absolute atomic E-state index is 12.3. The van der Waals surface area contributed by atoms with Gasteiger partial charge in [0, 0.05) is 11.4 Å². The highest BCUT2D eigenvalue weighted by Gasteiger charge is 2.14. The van der Waals surface area contributed by atoms with E-state index in [1.807, 2.05) is 0 Å². The van der Waals surface area contributed by atoms with Crippen molar-refractivity contribution in [3.63, 3.8) is 0 Å². The number of aromatic nitrogens is 2. The molecule has 0 bridgehead atoms. The Hall–Kier alpha value is -2.43. The zero-order valence-electron chi connectivity index (χ0n) is 11.7. The van der Waals surface area contributed by atoms with Crippen molar-refractivity contribution in [2.45, 2.75) is 20.4 Å². The normalized spacial score (nSPS) is 10.3. The van der Waals surface area contributed by atoms with Gasteiger partial charge in [0.15, 0.2) is 5.78 Å². The Morgan fingerprint density at radius 3 is 2.65 bits per heavy atom. The summed E-state index contributed by atoms with van der Waals surface area (Å²) in [4.78, 5) is 28.0. The molecular weight excluding hydrogens is 256 g/mol. The van der Waals surface area contributed by atoms with E-state index in [0.29, 0.717) is 22.7 Å². The van der Waals surface area contributed by atoms with E-state index in [0.717, 1.165) is 0 Å². The van der Waals surface area contributed by atoms with E-state index in [9.17, 15) is 9.59 Å². The quantitative estimate of drug-likeness (QED) is 0.796. The molecule has 0 unspecified atom stereocenters. The molecule has 104 valence electrons. The Balaban J connectivity index is 2.36. The number of carbonyl (C=O) groups is 1. The second-order valence-electron chi connectivity index (χ2n) is 4.53. The molecule has 0 aliphatic heterocycles. The molecule has 0 atom stereocenters. The summed E-state index contributed by atoms with van der Waals surface area (Å²) in [7, 11) is 1.51. The van der Waals surface area contributed by atoms with Crippen LogP contribution in [0.1, 0.15) is 21.7 Å². The van der Waals surface area contributed by atoms with Gasteiger partial charge in [-0.2, -0.15) is 4.98 Å². The first-order chi connectivity index (χ1) is 9.52. The lowest BCUT2D eigenvalue weighted by molar-refractivity contribution is 0.0966. The lowest BCUT2D eigenvalue weighted by atomic mass is 10.1. The number of hydrogen-bond acceptors (Lipinski definition) is 4. The number of aryl methyl sites for hydroxylation is 2. The van der Waals surface area contributed by atoms with E-state index in [1.54, 1.807) is 44.2 Å². The molecule has 5 nitrogen and oxygen atoms in total. The standard InChI is InChI=1S/C15H16N2O3/c1-10-8-11(2)17(15(19)16-10)9-13(18)12-6-4-5-7-14(12)20-3/h4-8H,9H2,1-3H3. The molecule has 2 rings (SSSR count). The molecule has 0 saturated carbocycles. The minimum atomic E-state index is -0.411. The van der Waals surface area contributed by atoms with Crippen LogP contribution in [0.5, 0.6) is 5.75 Å². The van der Waals surface area contributed by atoms with Crippen molar-refractivity contribution in [2.75, 3.05) is 7.11 Å². The number of hydrogen-bond donors (Lipinski definition) is 0. The molecule has 20 heavy (non-hydrogen) atoms. The van der Waals surface area contributed by atoms with Crippen LogP contribution in [0.4, 0.5) is 0 Å². The van der Waals surface area contributed by atoms with Gasteiger partial charge in [-0.1, -0.05) is 12.1 Å². The Bertz CT molecular complexity index is 705. The monoisotopic (exact) mass is 272 g/mol. The Labute approximate surface area is 116 Å². The number of rotatable bonds is 4. The van der Waals surface area contributed by atoms with Crippen LogP contribution in [0.15, 0.2) is 35.1 Å². The second kappa shape index (κ2) is 5.69. The predicted octanol–water partition coefficient (Wildman–Crippen LogP) is 1.75. The van der Waals surface area contributed by atoms with E-state index in [-0.39, 0.29) is 12.3 Å². The van der Waals surface area contributed by atoms with Gasteiger partial charge in [0.25, 0.3) is 0 Å². The van der Waals surface area contributed by atoms with Crippen LogP contribution >= 0.6 is 0 Å². The third-order valence-corrected chi connectivity index (χ3v) is 3.06. The minimum absolute atomic E-state index is 0.0433. The van der Waals surface area contributed by atoms with Crippen molar-refractivity contribution < 1.29 is 9.53 Å². The molecule has 0 N–H and O–H groups in total. The average Bonchev–Trinajstić information content (AvgIpc) is 2.42. The van der Waals surface area contributed by atoms with Crippen molar-refractivity contribution in [2.24, 2.45) is 0 Å². The van der Waals surface area contributed by atoms with Gasteiger partial charge in [0.05, 0.1) is 19.2 Å². The van der Waals surface area contributed by atoms with Crippen LogP contribution in [0, 0.1) is 13.8 Å². The van der Waals surface area contributed by atoms with Gasteiger partial charge in [-0.15, -0.1) is 0 Å². The highest BCUT2D eigenvalue weighted by Crippen LogP contribution is 2.18. The number of nitrogens with zero attached hydrogens (tertiary/aromatic N) is 2. The molecule has 0 saturated heterocycles. The van der Waals surface area contributed by atoms with E-state index >= 15 is 0 Å². The maximum Gasteiger partial charge on any atom is 0.348 e. The van der Waals surface area contributed by atoms with E-state index in [2.05, 4.69) is 4.98 Å². The van der Waals surface area contributed by atoms with Crippen LogP contribution < -0.4 is 10.4 Å². The number of para-hydroxylation sites is 1. The molecule has 0 fully saturated rings. The van der Waals surface area contributed by atoms with Gasteiger partial charge in [-0.25, -0.2) is 4.79 Å². The molecule has 1 aromatic heterocycles. The second-order valence-corrected chi connectivity index (χ2v) is 4.53. The highest BCUT2D eigenvalue weighted by molar-refractivity contribution is 5.98. The van der Waals surface area contributed by atoms with Crippen molar-refractivity contribution in [3.05, 3.63) is 57.8 Å². The third-order valence-electron chi connectivity index (χ3n) is 3.06. The van der Waals surface area contributed by atoms with Crippen LogP contribution in [0.2, 0.25) is 0 Å². The fourth-order valence-corrected chi connectivity index (χ4v) is 2.07. The maximum atomic E-state index is 12.3. The molecule has 0 spiro atoms. The van der Waals surface area contributed by atoms with E-state index in [1.165, 1.54) is 11.7 Å². The summed E-state index contributed by atoms with van der Waals surface area (Å²) in [5, 5.41) is 0. The minimum Gasteiger partial charge on any atom is -0.496 e. The first-order valence-corrected chi connectivity index (χ1v) is 6.24. The first kappa shape index (κ1) is 14.0. The van der Waals surface area contributed by atoms with Crippen LogP contribution in [0.3, 0.4) is 0 Å². The first-order valence-electron chi connectivity index (χ1n) is 6.24. The third kappa shape index (κ3) is 2.77. The lowest BCUT2D eigenvalue weighted by Gasteiger charge is -2.11. The largest absolute Gasteiger partial charge is 0.496 e. The fraction of sp³-hybridized carbons (Fsp3) is 0.267. The number of carbonyl (C=O) groups excluding carboxylic acids is 1. The van der Waals surface area contributed by atoms with Crippen molar-refractivity contribution in [1.82, 2.24) is 9.55 Å². The number of Topliss-reactive ketones (excluding diaryl/α,β-unsaturated/α-hetero) is 1. The smallest absolute Gasteiger partial charge is 0.348 e. The van der Waals surface area contributed by atoms with Gasteiger partial charge >= 0.3 is 5.69 Å². The molecule has 0 amide bonds. The zero-order valence-corrected chi connectivity index (χ0v) is 11.7. The Morgan fingerprint density at radius 2 is 2.00 bits per heavy atom. The van der Waals surface area contributed by atoms with Crippen LogP contribution in [-0.4, -0.2) is 22.4 Å². The summed E-state index contributed by atoms with van der Waals surface area (Å²) in [5.74, 6) is 0.321. The van der Waals surface area contributed by atoms with Gasteiger partial charge in [-0.3, -0.25) is 9.36 Å². The number of methoxy groups -OCH3 is 1. The summed E-state index contributed by atoms with van der Waals surface area (Å²) in [6.07, 6.45) is 0. The van der Waals surface area contributed by atoms with Gasteiger partial charge in [0.1, 0.15) is 5.75 Å². The molecule has 0 aliphatic rings. The molecule has 1 heterocycles. The van der Waals surface area contributed by atoms with E-state index in [4.69, 9.17) is 4.74 Å². The molecule has 1 aromatic carbocycles. The molecule has 5 heteroatoms. The van der Waals surface area contributed by atoms with Crippen LogP contribution in [0.25, 0.3) is 0 Å². The fourth-order valence-electron chi connectivity index (χ4n) is 2.07. The van der Waals surface area contributed by atoms with Gasteiger partial charge in [0.2, 0.25) is 0 Å². The Morgan fingerprint density at radius 1 is 1.30 bits per heavy atom. The van der Waals surface area contributed by atoms with Gasteiger partial charge in [-0.05, 0) is 32.0 Å². The number of benzene rings is 1. The zero-order chi connectivity index (χ0) is 14.7. The molecule has 2 aromatic rings. The van der Waals surface area contributed by atoms with E-state index < -0.39 is 5.69 Å². The molecular formula is C15H16N2O3. The summed E-state index contributed by atoms with van der Waals surface area (Å²) in [6, 6.07) is 8.73. The summed E-state index contributed by atoms with van der Waals surface area (Å²) in [6.45, 7) is 3.49. The number of ether oxygens (including phenoxy) is 1. The Kier molecular flexibility index (Phi) is 3.98. The highest BCUT2D eigenvalue weighted by atomic mass is 16.5. The summed E-state index contributed by atoms with van der Waals surface area (Å²) < 4.78 is 6.52. The lowest BCUT2D eigenvalue weighted by Crippen LogP contribution is -2.29. The van der Waals surface area contributed by atoms with Crippen molar-refractivity contribution in [1.29, 1.82) is 0 Å². The average molecular weight is 272 g/mol. The molecule has 0 radical (unpaired) electrons. The van der Waals surface area contributed by atoms with Crippen molar-refractivity contribution >= 4 is 5.78 Å².